The van der Waals surface area contributed by atoms with Gasteiger partial charge >= 0.3 is 0 Å². The fraction of sp³-hybridized carbons (Fsp3) is 0.0217. The molecule has 1 aliphatic rings. The maximum Gasteiger partial charge on any atom is 0.164 e. The molecule has 1 N–H and O–H groups in total. The zero-order valence-corrected chi connectivity index (χ0v) is 28.3. The lowest BCUT2D eigenvalue weighted by Gasteiger charge is -2.31. The predicted octanol–water partition coefficient (Wildman–Crippen LogP) is 12.1. The van der Waals surface area contributed by atoms with Crippen molar-refractivity contribution in [3.05, 3.63) is 181 Å². The summed E-state index contributed by atoms with van der Waals surface area (Å²) in [5.41, 5.74) is 11.2. The van der Waals surface area contributed by atoms with Crippen LogP contribution in [0.1, 0.15) is 17.2 Å². The van der Waals surface area contributed by atoms with E-state index in [1.807, 2.05) is 47.7 Å². The number of hydrogen-bond acceptors (Lipinski definition) is 5. The topological polar surface area (TPSA) is 50.7 Å². The smallest absolute Gasteiger partial charge is 0.164 e. The molecule has 0 saturated carbocycles. The lowest BCUT2D eigenvalue weighted by Crippen LogP contribution is -2.18. The van der Waals surface area contributed by atoms with Gasteiger partial charge in [-0.2, -0.15) is 0 Å². The van der Waals surface area contributed by atoms with E-state index in [4.69, 9.17) is 15.0 Å². The zero-order valence-electron chi connectivity index (χ0n) is 27.5. The lowest BCUT2D eigenvalue weighted by molar-refractivity contribution is 0.932. The van der Waals surface area contributed by atoms with Gasteiger partial charge in [0.15, 0.2) is 17.5 Å². The van der Waals surface area contributed by atoms with Gasteiger partial charge in [-0.25, -0.2) is 15.0 Å². The second kappa shape index (κ2) is 12.2. The van der Waals surface area contributed by atoms with Crippen LogP contribution >= 0.6 is 11.3 Å². The van der Waals surface area contributed by atoms with Crippen LogP contribution in [0.25, 0.3) is 76.6 Å². The molecule has 240 valence electrons. The Bertz CT molecular complexity index is 2700. The second-order valence-electron chi connectivity index (χ2n) is 12.9. The molecule has 5 heteroatoms. The van der Waals surface area contributed by atoms with Crippen molar-refractivity contribution in [2.75, 3.05) is 5.32 Å². The second-order valence-corrected chi connectivity index (χ2v) is 13.9. The first kappa shape index (κ1) is 29.5. The van der Waals surface area contributed by atoms with Gasteiger partial charge in [0.2, 0.25) is 0 Å². The molecular weight excluding hydrogens is 641 g/mol. The third kappa shape index (κ3) is 5.18. The minimum absolute atomic E-state index is 0.0102. The van der Waals surface area contributed by atoms with E-state index in [1.54, 1.807) is 0 Å². The molecule has 9 aromatic rings. The summed E-state index contributed by atoms with van der Waals surface area (Å²) in [5, 5.41) is 6.55. The highest BCUT2D eigenvalue weighted by Crippen LogP contribution is 2.50. The molecule has 3 heterocycles. The number of hydrogen-bond donors (Lipinski definition) is 1. The normalized spacial score (nSPS) is 13.5. The third-order valence-corrected chi connectivity index (χ3v) is 10.9. The Kier molecular flexibility index (Phi) is 7.03. The average molecular weight is 671 g/mol. The van der Waals surface area contributed by atoms with Crippen LogP contribution in [-0.4, -0.2) is 15.0 Å². The van der Waals surface area contributed by atoms with E-state index in [0.717, 1.165) is 27.9 Å². The van der Waals surface area contributed by atoms with Gasteiger partial charge in [0.05, 0.1) is 6.04 Å². The minimum Gasteiger partial charge on any atom is -0.374 e. The molecule has 0 saturated heterocycles. The van der Waals surface area contributed by atoms with E-state index in [9.17, 15) is 0 Å². The summed E-state index contributed by atoms with van der Waals surface area (Å²) >= 11 is 1.86. The predicted molar refractivity (Wildman–Crippen MR) is 212 cm³/mol. The lowest BCUT2D eigenvalue weighted by atomic mass is 9.83. The van der Waals surface area contributed by atoms with Gasteiger partial charge < -0.3 is 5.32 Å². The van der Waals surface area contributed by atoms with Crippen molar-refractivity contribution in [1.82, 2.24) is 15.0 Å². The largest absolute Gasteiger partial charge is 0.374 e. The van der Waals surface area contributed by atoms with Crippen molar-refractivity contribution in [3.63, 3.8) is 0 Å². The number of fused-ring (bicyclic) bond motifs is 7. The monoisotopic (exact) mass is 670 g/mol. The molecule has 0 bridgehead atoms. The molecular formula is C46H30N4S. The van der Waals surface area contributed by atoms with Crippen molar-refractivity contribution in [3.8, 4) is 56.4 Å². The van der Waals surface area contributed by atoms with E-state index in [1.165, 1.54) is 48.0 Å². The Hall–Kier alpha value is -6.43. The molecule has 1 unspecified atom stereocenters. The van der Waals surface area contributed by atoms with Crippen molar-refractivity contribution in [1.29, 1.82) is 0 Å². The van der Waals surface area contributed by atoms with E-state index < -0.39 is 0 Å². The Morgan fingerprint density at radius 2 is 1.00 bits per heavy atom. The quantitative estimate of drug-likeness (QED) is 0.198. The maximum atomic E-state index is 5.11. The van der Waals surface area contributed by atoms with Crippen LogP contribution < -0.4 is 5.32 Å². The average Bonchev–Trinajstić information content (AvgIpc) is 3.60. The Labute approximate surface area is 299 Å². The molecule has 1 atom stereocenters. The van der Waals surface area contributed by atoms with Gasteiger partial charge in [0.25, 0.3) is 0 Å². The Morgan fingerprint density at radius 3 is 1.73 bits per heavy atom. The molecule has 2 aromatic heterocycles. The molecule has 4 nitrogen and oxygen atoms in total. The molecule has 0 radical (unpaired) electrons. The number of benzene rings is 7. The standard InChI is InChI=1S/C46H30N4S/c1-4-12-29(13-5-1)30-20-22-33(23-21-30)45-48-44(32-16-8-3-9-17-32)49-46(50-45)34-24-25-35-38(28-34)47-43(31-14-6-2-7-15-31)37-26-27-40-42(41(35)37)36-18-10-11-19-39(36)51-40/h1-28,43,47H. The Balaban J connectivity index is 1.14. The summed E-state index contributed by atoms with van der Waals surface area (Å²) in [5.74, 6) is 1.92. The van der Waals surface area contributed by atoms with Crippen LogP contribution in [0.3, 0.4) is 0 Å². The molecule has 10 rings (SSSR count). The summed E-state index contributed by atoms with van der Waals surface area (Å²) in [6, 6.07) is 59.7. The van der Waals surface area contributed by atoms with Gasteiger partial charge in [0, 0.05) is 48.1 Å². The third-order valence-electron chi connectivity index (χ3n) is 9.78. The summed E-state index contributed by atoms with van der Waals surface area (Å²) in [6.07, 6.45) is 0. The van der Waals surface area contributed by atoms with Crippen molar-refractivity contribution < 1.29 is 0 Å². The van der Waals surface area contributed by atoms with Gasteiger partial charge in [-0.1, -0.05) is 152 Å². The first-order valence-corrected chi connectivity index (χ1v) is 18.0. The molecule has 0 amide bonds. The number of anilines is 1. The number of thiophene rings is 1. The molecule has 51 heavy (non-hydrogen) atoms. The molecule has 1 aliphatic heterocycles. The van der Waals surface area contributed by atoms with Crippen molar-refractivity contribution >= 4 is 37.2 Å². The van der Waals surface area contributed by atoms with E-state index in [0.29, 0.717) is 17.5 Å². The van der Waals surface area contributed by atoms with E-state index in [2.05, 4.69) is 139 Å². The van der Waals surface area contributed by atoms with Crippen LogP contribution in [-0.2, 0) is 0 Å². The number of nitrogens with zero attached hydrogens (tertiary/aromatic N) is 3. The van der Waals surface area contributed by atoms with Crippen LogP contribution in [0.2, 0.25) is 0 Å². The van der Waals surface area contributed by atoms with Gasteiger partial charge in [-0.3, -0.25) is 0 Å². The highest BCUT2D eigenvalue weighted by Gasteiger charge is 2.29. The van der Waals surface area contributed by atoms with Crippen LogP contribution in [0.5, 0.6) is 0 Å². The van der Waals surface area contributed by atoms with Crippen LogP contribution in [0.15, 0.2) is 170 Å². The summed E-state index contributed by atoms with van der Waals surface area (Å²) < 4.78 is 2.60. The van der Waals surface area contributed by atoms with Crippen LogP contribution in [0, 0.1) is 0 Å². The maximum absolute atomic E-state index is 5.11. The highest BCUT2D eigenvalue weighted by molar-refractivity contribution is 7.26. The van der Waals surface area contributed by atoms with E-state index in [-0.39, 0.29) is 6.04 Å². The number of aromatic nitrogens is 3. The van der Waals surface area contributed by atoms with Gasteiger partial charge in [-0.15, -0.1) is 11.3 Å². The Morgan fingerprint density at radius 1 is 0.451 bits per heavy atom. The van der Waals surface area contributed by atoms with Gasteiger partial charge in [0.1, 0.15) is 0 Å². The van der Waals surface area contributed by atoms with E-state index >= 15 is 0 Å². The first-order valence-electron chi connectivity index (χ1n) is 17.1. The fourth-order valence-electron chi connectivity index (χ4n) is 7.32. The number of nitrogens with one attached hydrogen (secondary N) is 1. The molecule has 7 aromatic carbocycles. The molecule has 0 spiro atoms. The zero-order chi connectivity index (χ0) is 33.7. The van der Waals surface area contributed by atoms with Crippen LogP contribution in [0.4, 0.5) is 5.69 Å². The summed E-state index contributed by atoms with van der Waals surface area (Å²) in [6.45, 7) is 0. The van der Waals surface area contributed by atoms with Crippen molar-refractivity contribution in [2.45, 2.75) is 6.04 Å². The highest BCUT2D eigenvalue weighted by atomic mass is 32.1. The summed E-state index contributed by atoms with van der Waals surface area (Å²) in [7, 11) is 0. The summed E-state index contributed by atoms with van der Waals surface area (Å²) in [4.78, 5) is 15.2. The minimum atomic E-state index is -0.0102. The SMILES string of the molecule is c1ccc(-c2ccc(-c3nc(-c4ccccc4)nc(-c4ccc5c(c4)NC(c4ccccc4)c4ccc6sc7ccccc7c6c4-5)n3)cc2)cc1. The number of rotatable bonds is 5. The van der Waals surface area contributed by atoms with Crippen molar-refractivity contribution in [2.24, 2.45) is 0 Å². The molecule has 0 aliphatic carbocycles. The first-order chi connectivity index (χ1) is 25.3. The fourth-order valence-corrected chi connectivity index (χ4v) is 8.43. The molecule has 0 fully saturated rings. The van der Waals surface area contributed by atoms with Gasteiger partial charge in [-0.05, 0) is 46.0 Å².